The van der Waals surface area contributed by atoms with Crippen LogP contribution in [0.5, 0.6) is 0 Å². The molecule has 0 spiro atoms. The highest BCUT2D eigenvalue weighted by Gasteiger charge is 2.11. The first-order valence-electron chi connectivity index (χ1n) is 3.68. The van der Waals surface area contributed by atoms with Gasteiger partial charge in [0, 0.05) is 11.7 Å². The summed E-state index contributed by atoms with van der Waals surface area (Å²) in [7, 11) is -3.62. The van der Waals surface area contributed by atoms with E-state index in [0.717, 1.165) is 5.52 Å². The molecule has 0 atom stereocenters. The van der Waals surface area contributed by atoms with Gasteiger partial charge in [0.1, 0.15) is 0 Å². The second-order valence-electron chi connectivity index (χ2n) is 2.71. The fraction of sp³-hybridized carbons (Fsp3) is 0. The van der Waals surface area contributed by atoms with E-state index in [-0.39, 0.29) is 5.03 Å². The largest absolute Gasteiger partial charge is 0.306 e. The number of nitrogens with zero attached hydrogens (tertiary/aromatic N) is 1. The Bertz CT molecular complexity index is 542. The summed E-state index contributed by atoms with van der Waals surface area (Å²) in [5.74, 6) is 0. The number of primary sulfonamides is 1. The van der Waals surface area contributed by atoms with Gasteiger partial charge in [0.25, 0.3) is 10.0 Å². The van der Waals surface area contributed by atoms with Crippen LogP contribution >= 0.6 is 0 Å². The lowest BCUT2D eigenvalue weighted by Crippen LogP contribution is -2.14. The number of hydrogen-bond acceptors (Lipinski definition) is 2. The lowest BCUT2D eigenvalue weighted by molar-refractivity contribution is 0.593. The van der Waals surface area contributed by atoms with E-state index in [1.165, 1.54) is 10.5 Å². The van der Waals surface area contributed by atoms with Gasteiger partial charge in [0.05, 0.1) is 0 Å². The SMILES string of the molecule is NS(=O)(=O)c1ccc2ccccn12. The van der Waals surface area contributed by atoms with Crippen molar-refractivity contribution in [2.45, 2.75) is 5.03 Å². The van der Waals surface area contributed by atoms with Crippen molar-refractivity contribution in [2.75, 3.05) is 0 Å². The van der Waals surface area contributed by atoms with Crippen LogP contribution in [-0.4, -0.2) is 12.8 Å². The monoisotopic (exact) mass is 196 g/mol. The standard InChI is InChI=1S/C8H8N2O2S/c9-13(11,12)8-5-4-7-3-1-2-6-10(7)8/h1-6H,(H2,9,11,12). The predicted octanol–water partition coefficient (Wildman–Crippen LogP) is 0.587. The molecule has 0 saturated carbocycles. The Hall–Kier alpha value is -1.33. The zero-order chi connectivity index (χ0) is 9.47. The van der Waals surface area contributed by atoms with Gasteiger partial charge in [-0.3, -0.25) is 0 Å². The molecule has 0 aliphatic carbocycles. The van der Waals surface area contributed by atoms with Crippen molar-refractivity contribution in [3.8, 4) is 0 Å². The fourth-order valence-electron chi connectivity index (χ4n) is 1.26. The molecule has 2 aromatic heterocycles. The van der Waals surface area contributed by atoms with Gasteiger partial charge < -0.3 is 4.40 Å². The first-order valence-corrected chi connectivity index (χ1v) is 5.22. The van der Waals surface area contributed by atoms with Crippen molar-refractivity contribution < 1.29 is 8.42 Å². The van der Waals surface area contributed by atoms with E-state index in [0.29, 0.717) is 0 Å². The molecular weight excluding hydrogens is 188 g/mol. The first-order chi connectivity index (χ1) is 6.09. The van der Waals surface area contributed by atoms with Crippen LogP contribution in [0.15, 0.2) is 41.6 Å². The maximum absolute atomic E-state index is 11.1. The first kappa shape index (κ1) is 8.28. The van der Waals surface area contributed by atoms with E-state index >= 15 is 0 Å². The number of nitrogens with two attached hydrogens (primary N) is 1. The van der Waals surface area contributed by atoms with E-state index in [4.69, 9.17) is 5.14 Å². The molecular formula is C8H8N2O2S. The Morgan fingerprint density at radius 3 is 2.62 bits per heavy atom. The van der Waals surface area contributed by atoms with Crippen LogP contribution in [0.3, 0.4) is 0 Å². The molecule has 2 rings (SSSR count). The molecule has 0 saturated heterocycles. The van der Waals surface area contributed by atoms with E-state index < -0.39 is 10.0 Å². The summed E-state index contributed by atoms with van der Waals surface area (Å²) >= 11 is 0. The van der Waals surface area contributed by atoms with Crippen molar-refractivity contribution in [1.82, 2.24) is 4.40 Å². The summed E-state index contributed by atoms with van der Waals surface area (Å²) in [6.07, 6.45) is 1.66. The second kappa shape index (κ2) is 2.58. The van der Waals surface area contributed by atoms with Gasteiger partial charge in [-0.05, 0) is 24.3 Å². The number of rotatable bonds is 1. The van der Waals surface area contributed by atoms with Gasteiger partial charge in [0.2, 0.25) is 0 Å². The van der Waals surface area contributed by atoms with E-state index in [9.17, 15) is 8.42 Å². The van der Waals surface area contributed by atoms with E-state index in [1.54, 1.807) is 18.3 Å². The fourth-order valence-corrected chi connectivity index (χ4v) is 1.96. The molecule has 0 unspecified atom stereocenters. The summed E-state index contributed by atoms with van der Waals surface area (Å²) in [5.41, 5.74) is 0.812. The Labute approximate surface area is 75.7 Å². The van der Waals surface area contributed by atoms with Gasteiger partial charge in [-0.1, -0.05) is 6.07 Å². The summed E-state index contributed by atoms with van der Waals surface area (Å²) in [5, 5.41) is 5.13. The average molecular weight is 196 g/mol. The Morgan fingerprint density at radius 1 is 1.15 bits per heavy atom. The summed E-state index contributed by atoms with van der Waals surface area (Å²) in [4.78, 5) is 0. The quantitative estimate of drug-likeness (QED) is 0.725. The number of pyridine rings is 1. The predicted molar refractivity (Wildman–Crippen MR) is 48.8 cm³/mol. The number of sulfonamides is 1. The third kappa shape index (κ3) is 1.32. The molecule has 0 amide bonds. The van der Waals surface area contributed by atoms with Gasteiger partial charge in [0.15, 0.2) is 5.03 Å². The zero-order valence-electron chi connectivity index (χ0n) is 6.71. The number of hydrogen-bond donors (Lipinski definition) is 1. The highest BCUT2D eigenvalue weighted by molar-refractivity contribution is 7.89. The van der Waals surface area contributed by atoms with E-state index in [1.807, 2.05) is 12.1 Å². The molecule has 0 bridgehead atoms. The molecule has 2 N–H and O–H groups in total. The molecule has 13 heavy (non-hydrogen) atoms. The maximum Gasteiger partial charge on any atom is 0.254 e. The smallest absolute Gasteiger partial charge is 0.254 e. The van der Waals surface area contributed by atoms with Gasteiger partial charge in [-0.25, -0.2) is 13.6 Å². The number of fused-ring (bicyclic) bond motifs is 1. The molecule has 68 valence electrons. The van der Waals surface area contributed by atoms with E-state index in [2.05, 4.69) is 0 Å². The highest BCUT2D eigenvalue weighted by Crippen LogP contribution is 2.12. The minimum absolute atomic E-state index is 0.114. The molecule has 0 fully saturated rings. The van der Waals surface area contributed by atoms with Crippen LogP contribution in [0.2, 0.25) is 0 Å². The van der Waals surface area contributed by atoms with Crippen LogP contribution in [0.4, 0.5) is 0 Å². The minimum Gasteiger partial charge on any atom is -0.306 e. The van der Waals surface area contributed by atoms with Crippen LogP contribution in [-0.2, 0) is 10.0 Å². The van der Waals surface area contributed by atoms with Crippen LogP contribution in [0, 0.1) is 0 Å². The molecule has 4 nitrogen and oxygen atoms in total. The van der Waals surface area contributed by atoms with Crippen LogP contribution in [0.1, 0.15) is 0 Å². The van der Waals surface area contributed by atoms with Crippen LogP contribution in [0.25, 0.3) is 5.52 Å². The van der Waals surface area contributed by atoms with Gasteiger partial charge in [-0.2, -0.15) is 0 Å². The molecule has 0 aliphatic heterocycles. The minimum atomic E-state index is -3.62. The van der Waals surface area contributed by atoms with Crippen LogP contribution < -0.4 is 5.14 Å². The highest BCUT2D eigenvalue weighted by atomic mass is 32.2. The normalized spacial score (nSPS) is 12.1. The number of aromatic nitrogens is 1. The van der Waals surface area contributed by atoms with Crippen molar-refractivity contribution in [2.24, 2.45) is 5.14 Å². The molecule has 2 heterocycles. The van der Waals surface area contributed by atoms with Crippen molar-refractivity contribution in [3.05, 3.63) is 36.5 Å². The lowest BCUT2D eigenvalue weighted by Gasteiger charge is -1.98. The summed E-state index contributed by atoms with van der Waals surface area (Å²) in [6, 6.07) is 8.60. The molecule has 0 radical (unpaired) electrons. The maximum atomic E-state index is 11.1. The molecule has 0 aromatic carbocycles. The lowest BCUT2D eigenvalue weighted by atomic mass is 10.4. The molecule has 2 aromatic rings. The third-order valence-corrected chi connectivity index (χ3v) is 2.73. The topological polar surface area (TPSA) is 64.6 Å². The summed E-state index contributed by atoms with van der Waals surface area (Å²) in [6.45, 7) is 0. The van der Waals surface area contributed by atoms with Gasteiger partial charge >= 0.3 is 0 Å². The zero-order valence-corrected chi connectivity index (χ0v) is 7.53. The van der Waals surface area contributed by atoms with Crippen molar-refractivity contribution >= 4 is 15.5 Å². The van der Waals surface area contributed by atoms with Gasteiger partial charge in [-0.15, -0.1) is 0 Å². The third-order valence-electron chi connectivity index (χ3n) is 1.82. The Kier molecular flexibility index (Phi) is 1.64. The van der Waals surface area contributed by atoms with Crippen molar-refractivity contribution in [3.63, 3.8) is 0 Å². The molecule has 5 heteroatoms. The summed E-state index contributed by atoms with van der Waals surface area (Å²) < 4.78 is 23.7. The second-order valence-corrected chi connectivity index (χ2v) is 4.22. The molecule has 0 aliphatic rings. The average Bonchev–Trinajstić information content (AvgIpc) is 2.45. The Morgan fingerprint density at radius 2 is 1.92 bits per heavy atom. The van der Waals surface area contributed by atoms with Crippen molar-refractivity contribution in [1.29, 1.82) is 0 Å². The Balaban J connectivity index is 2.87.